The van der Waals surface area contributed by atoms with Crippen LogP contribution in [0.1, 0.15) is 32.8 Å². The number of amides is 2. The van der Waals surface area contributed by atoms with E-state index in [1.54, 1.807) is 24.3 Å². The van der Waals surface area contributed by atoms with Gasteiger partial charge in [0, 0.05) is 12.6 Å². The Bertz CT molecular complexity index is 1370. The zero-order valence-electron chi connectivity index (χ0n) is 22.5. The first-order chi connectivity index (χ1) is 18.6. The number of anilines is 1. The number of benzene rings is 3. The van der Waals surface area contributed by atoms with Gasteiger partial charge in [0.05, 0.1) is 22.7 Å². The van der Waals surface area contributed by atoms with Gasteiger partial charge in [0.2, 0.25) is 11.8 Å². The average molecular weight is 572 g/mol. The highest BCUT2D eigenvalue weighted by atomic mass is 35.5. The Balaban J connectivity index is 2.07. The highest BCUT2D eigenvalue weighted by Crippen LogP contribution is 2.32. The first kappa shape index (κ1) is 30.0. The van der Waals surface area contributed by atoms with Crippen LogP contribution in [0.5, 0.6) is 5.75 Å². The number of rotatable bonds is 12. The summed E-state index contributed by atoms with van der Waals surface area (Å²) in [5.74, 6) is -0.469. The fourth-order valence-electron chi connectivity index (χ4n) is 4.14. The third-order valence-electron chi connectivity index (χ3n) is 6.05. The standard InChI is InChI=1S/C29H34ClN3O5S/c1-5-26(29(35)31-21(2)3)32(19-22-12-8-6-9-13-22)28(34)20-33(23-16-17-27(38-4)25(30)18-23)39(36,37)24-14-10-7-11-15-24/h6-18,21,26H,5,19-20H2,1-4H3,(H,31,35). The summed E-state index contributed by atoms with van der Waals surface area (Å²) in [6, 6.07) is 20.7. The molecule has 3 rings (SSSR count). The lowest BCUT2D eigenvalue weighted by Crippen LogP contribution is -2.53. The maximum atomic E-state index is 14.0. The lowest BCUT2D eigenvalue weighted by Gasteiger charge is -2.33. The molecule has 1 unspecified atom stereocenters. The zero-order valence-corrected chi connectivity index (χ0v) is 24.1. The molecule has 0 aliphatic rings. The van der Waals surface area contributed by atoms with Crippen molar-refractivity contribution >= 4 is 39.1 Å². The van der Waals surface area contributed by atoms with E-state index in [9.17, 15) is 18.0 Å². The minimum atomic E-state index is -4.18. The quantitative estimate of drug-likeness (QED) is 0.334. The van der Waals surface area contributed by atoms with Crippen molar-refractivity contribution in [2.75, 3.05) is 18.0 Å². The largest absolute Gasteiger partial charge is 0.495 e. The van der Waals surface area contributed by atoms with Crippen LogP contribution in [0.25, 0.3) is 0 Å². The van der Waals surface area contributed by atoms with Crippen LogP contribution in [0.2, 0.25) is 5.02 Å². The molecule has 208 valence electrons. The van der Waals surface area contributed by atoms with E-state index in [1.807, 2.05) is 51.1 Å². The number of methoxy groups -OCH3 is 1. The number of halogens is 1. The molecule has 0 bridgehead atoms. The third kappa shape index (κ3) is 7.52. The molecule has 0 heterocycles. The van der Waals surface area contributed by atoms with Crippen LogP contribution in [-0.2, 0) is 26.2 Å². The number of carbonyl (C=O) groups excluding carboxylic acids is 2. The van der Waals surface area contributed by atoms with Gasteiger partial charge in [-0.25, -0.2) is 8.42 Å². The van der Waals surface area contributed by atoms with E-state index in [1.165, 1.54) is 36.3 Å². The highest BCUT2D eigenvalue weighted by Gasteiger charge is 2.34. The molecule has 39 heavy (non-hydrogen) atoms. The summed E-state index contributed by atoms with van der Waals surface area (Å²) in [4.78, 5) is 28.6. The van der Waals surface area contributed by atoms with Gasteiger partial charge in [-0.15, -0.1) is 0 Å². The van der Waals surface area contributed by atoms with Crippen molar-refractivity contribution in [2.45, 2.75) is 50.7 Å². The Morgan fingerprint density at radius 3 is 2.13 bits per heavy atom. The number of nitrogens with zero attached hydrogens (tertiary/aromatic N) is 2. The molecular formula is C29H34ClN3O5S. The van der Waals surface area contributed by atoms with E-state index in [4.69, 9.17) is 16.3 Å². The van der Waals surface area contributed by atoms with Gasteiger partial charge in [-0.3, -0.25) is 13.9 Å². The Kier molecular flexibility index (Phi) is 10.4. The summed E-state index contributed by atoms with van der Waals surface area (Å²) in [7, 11) is -2.72. The second-order valence-corrected chi connectivity index (χ2v) is 11.5. The topological polar surface area (TPSA) is 96.0 Å². The van der Waals surface area contributed by atoms with Gasteiger partial charge in [0.25, 0.3) is 10.0 Å². The van der Waals surface area contributed by atoms with Crippen molar-refractivity contribution in [3.63, 3.8) is 0 Å². The second-order valence-electron chi connectivity index (χ2n) is 9.24. The Morgan fingerprint density at radius 2 is 1.59 bits per heavy atom. The Morgan fingerprint density at radius 1 is 0.974 bits per heavy atom. The SMILES string of the molecule is CCC(C(=O)NC(C)C)N(Cc1ccccc1)C(=O)CN(c1ccc(OC)c(Cl)c1)S(=O)(=O)c1ccccc1. The predicted octanol–water partition coefficient (Wildman–Crippen LogP) is 4.88. The number of hydrogen-bond acceptors (Lipinski definition) is 5. The fraction of sp³-hybridized carbons (Fsp3) is 0.310. The summed E-state index contributed by atoms with van der Waals surface area (Å²) in [6.45, 7) is 5.09. The smallest absolute Gasteiger partial charge is 0.264 e. The van der Waals surface area contributed by atoms with Crippen LogP contribution in [0.3, 0.4) is 0 Å². The van der Waals surface area contributed by atoms with Crippen molar-refractivity contribution < 1.29 is 22.7 Å². The van der Waals surface area contributed by atoms with E-state index < -0.39 is 28.5 Å². The maximum absolute atomic E-state index is 14.0. The summed E-state index contributed by atoms with van der Waals surface area (Å²) < 4.78 is 33.9. The molecule has 0 aliphatic carbocycles. The van der Waals surface area contributed by atoms with Crippen molar-refractivity contribution in [3.8, 4) is 5.75 Å². The molecule has 0 spiro atoms. The molecule has 3 aromatic rings. The average Bonchev–Trinajstić information content (AvgIpc) is 2.92. The molecule has 0 saturated heterocycles. The molecular weight excluding hydrogens is 538 g/mol. The van der Waals surface area contributed by atoms with Gasteiger partial charge in [0.15, 0.2) is 0 Å². The van der Waals surface area contributed by atoms with Gasteiger partial charge in [-0.05, 0) is 56.2 Å². The fourth-order valence-corrected chi connectivity index (χ4v) is 5.82. The molecule has 1 atom stereocenters. The summed E-state index contributed by atoms with van der Waals surface area (Å²) >= 11 is 6.34. The van der Waals surface area contributed by atoms with E-state index in [0.29, 0.717) is 12.2 Å². The number of sulfonamides is 1. The normalized spacial score (nSPS) is 12.1. The van der Waals surface area contributed by atoms with Crippen LogP contribution >= 0.6 is 11.6 Å². The maximum Gasteiger partial charge on any atom is 0.264 e. The highest BCUT2D eigenvalue weighted by molar-refractivity contribution is 7.92. The molecule has 1 N–H and O–H groups in total. The summed E-state index contributed by atoms with van der Waals surface area (Å²) in [5, 5.41) is 3.07. The van der Waals surface area contributed by atoms with Crippen LogP contribution in [0.4, 0.5) is 5.69 Å². The number of hydrogen-bond donors (Lipinski definition) is 1. The predicted molar refractivity (Wildman–Crippen MR) is 153 cm³/mol. The molecule has 0 aliphatic heterocycles. The zero-order chi connectivity index (χ0) is 28.6. The van der Waals surface area contributed by atoms with E-state index >= 15 is 0 Å². The number of ether oxygens (including phenoxy) is 1. The molecule has 0 radical (unpaired) electrons. The lowest BCUT2D eigenvalue weighted by molar-refractivity contribution is -0.140. The van der Waals surface area contributed by atoms with Gasteiger partial charge >= 0.3 is 0 Å². The van der Waals surface area contributed by atoms with E-state index in [-0.39, 0.29) is 34.1 Å². The van der Waals surface area contributed by atoms with Gasteiger partial charge in [-0.2, -0.15) is 0 Å². The minimum absolute atomic E-state index is 0.0175. The van der Waals surface area contributed by atoms with Crippen LogP contribution in [0.15, 0.2) is 83.8 Å². The molecule has 0 fully saturated rings. The van der Waals surface area contributed by atoms with Crippen molar-refractivity contribution in [2.24, 2.45) is 0 Å². The van der Waals surface area contributed by atoms with Crippen molar-refractivity contribution in [1.29, 1.82) is 0 Å². The van der Waals surface area contributed by atoms with E-state index in [2.05, 4.69) is 5.32 Å². The van der Waals surface area contributed by atoms with Gasteiger partial charge in [0.1, 0.15) is 18.3 Å². The van der Waals surface area contributed by atoms with E-state index in [0.717, 1.165) is 9.87 Å². The van der Waals surface area contributed by atoms with Crippen LogP contribution in [0, 0.1) is 0 Å². The molecule has 3 aromatic carbocycles. The minimum Gasteiger partial charge on any atom is -0.495 e. The number of carbonyl (C=O) groups is 2. The molecule has 0 aromatic heterocycles. The van der Waals surface area contributed by atoms with Gasteiger partial charge < -0.3 is 15.0 Å². The summed E-state index contributed by atoms with van der Waals surface area (Å²) in [6.07, 6.45) is 0.344. The Labute approximate surface area is 235 Å². The first-order valence-corrected chi connectivity index (χ1v) is 14.4. The van der Waals surface area contributed by atoms with Crippen molar-refractivity contribution in [3.05, 3.63) is 89.4 Å². The van der Waals surface area contributed by atoms with Gasteiger partial charge in [-0.1, -0.05) is 67.1 Å². The number of nitrogens with one attached hydrogen (secondary N) is 1. The molecule has 10 heteroatoms. The molecule has 2 amide bonds. The second kappa shape index (κ2) is 13.5. The van der Waals surface area contributed by atoms with Crippen LogP contribution < -0.4 is 14.4 Å². The third-order valence-corrected chi connectivity index (χ3v) is 8.13. The lowest BCUT2D eigenvalue weighted by atomic mass is 10.1. The summed E-state index contributed by atoms with van der Waals surface area (Å²) in [5.41, 5.74) is 1.00. The molecule has 0 saturated carbocycles. The monoisotopic (exact) mass is 571 g/mol. The van der Waals surface area contributed by atoms with Crippen LogP contribution in [-0.4, -0.2) is 50.9 Å². The Hall–Kier alpha value is -3.56. The van der Waals surface area contributed by atoms with Crippen molar-refractivity contribution in [1.82, 2.24) is 10.2 Å². The molecule has 8 nitrogen and oxygen atoms in total. The first-order valence-electron chi connectivity index (χ1n) is 12.6.